The molecule has 2 aromatic carbocycles. The molecule has 1 unspecified atom stereocenters. The number of aromatic nitrogens is 3. The van der Waals surface area contributed by atoms with Crippen LogP contribution in [-0.4, -0.2) is 21.3 Å². The first-order valence-corrected chi connectivity index (χ1v) is 7.19. The van der Waals surface area contributed by atoms with Crippen LogP contribution in [0.4, 0.5) is 5.69 Å². The number of fused-ring (bicyclic) bond motifs is 1. The highest BCUT2D eigenvalue weighted by atomic mass is 15.3. The molecule has 1 aliphatic heterocycles. The second-order valence-corrected chi connectivity index (χ2v) is 5.32. The van der Waals surface area contributed by atoms with Crippen LogP contribution in [0.15, 0.2) is 60.9 Å². The van der Waals surface area contributed by atoms with E-state index < -0.39 is 0 Å². The van der Waals surface area contributed by atoms with Gasteiger partial charge in [-0.2, -0.15) is 0 Å². The van der Waals surface area contributed by atoms with Crippen molar-refractivity contribution in [3.8, 4) is 5.69 Å². The Balaban J connectivity index is 1.64. The first kappa shape index (κ1) is 12.1. The van der Waals surface area contributed by atoms with Crippen molar-refractivity contribution in [2.24, 2.45) is 0 Å². The SMILES string of the molecule is c1ccc(-n2cnnc2CC2CNc3ccccc32)cc1. The van der Waals surface area contributed by atoms with Crippen LogP contribution in [0.25, 0.3) is 5.69 Å². The molecule has 0 radical (unpaired) electrons. The molecule has 4 rings (SSSR count). The molecule has 0 bridgehead atoms. The zero-order chi connectivity index (χ0) is 14.1. The Morgan fingerprint density at radius 1 is 1.05 bits per heavy atom. The Labute approximate surface area is 123 Å². The van der Waals surface area contributed by atoms with Gasteiger partial charge in [0.2, 0.25) is 0 Å². The molecule has 3 aromatic rings. The summed E-state index contributed by atoms with van der Waals surface area (Å²) in [4.78, 5) is 0. The van der Waals surface area contributed by atoms with Crippen molar-refractivity contribution >= 4 is 5.69 Å². The molecule has 4 nitrogen and oxygen atoms in total. The molecule has 1 atom stereocenters. The van der Waals surface area contributed by atoms with Gasteiger partial charge in [-0.3, -0.25) is 4.57 Å². The summed E-state index contributed by atoms with van der Waals surface area (Å²) in [6.45, 7) is 0.959. The first-order valence-electron chi connectivity index (χ1n) is 7.19. The molecular weight excluding hydrogens is 260 g/mol. The van der Waals surface area contributed by atoms with Gasteiger partial charge in [0.15, 0.2) is 0 Å². The zero-order valence-corrected chi connectivity index (χ0v) is 11.6. The summed E-state index contributed by atoms with van der Waals surface area (Å²) in [6.07, 6.45) is 2.68. The summed E-state index contributed by atoms with van der Waals surface area (Å²) < 4.78 is 2.07. The normalized spacial score (nSPS) is 16.5. The van der Waals surface area contributed by atoms with Gasteiger partial charge in [0.05, 0.1) is 0 Å². The fourth-order valence-electron chi connectivity index (χ4n) is 2.96. The summed E-state index contributed by atoms with van der Waals surface area (Å²) in [5, 5.41) is 11.9. The lowest BCUT2D eigenvalue weighted by Gasteiger charge is -2.11. The van der Waals surface area contributed by atoms with Crippen molar-refractivity contribution in [2.75, 3.05) is 11.9 Å². The molecule has 0 fully saturated rings. The molecule has 1 aliphatic rings. The third kappa shape index (κ3) is 2.18. The summed E-state index contributed by atoms with van der Waals surface area (Å²) >= 11 is 0. The van der Waals surface area contributed by atoms with E-state index in [-0.39, 0.29) is 0 Å². The summed E-state index contributed by atoms with van der Waals surface area (Å²) in [6, 6.07) is 18.7. The third-order valence-corrected chi connectivity index (χ3v) is 4.02. The van der Waals surface area contributed by atoms with Gasteiger partial charge < -0.3 is 5.32 Å². The molecule has 21 heavy (non-hydrogen) atoms. The summed E-state index contributed by atoms with van der Waals surface area (Å²) in [5.74, 6) is 1.46. The van der Waals surface area contributed by atoms with Gasteiger partial charge >= 0.3 is 0 Å². The van der Waals surface area contributed by atoms with Gasteiger partial charge in [-0.05, 0) is 23.8 Å². The van der Waals surface area contributed by atoms with Gasteiger partial charge in [0, 0.05) is 30.3 Å². The van der Waals surface area contributed by atoms with E-state index in [1.807, 2.05) is 18.2 Å². The molecule has 0 saturated heterocycles. The molecule has 0 spiro atoms. The minimum atomic E-state index is 0.452. The molecule has 104 valence electrons. The van der Waals surface area contributed by atoms with Gasteiger partial charge in [0.25, 0.3) is 0 Å². The number of anilines is 1. The lowest BCUT2D eigenvalue weighted by Crippen LogP contribution is -2.10. The number of hydrogen-bond donors (Lipinski definition) is 1. The number of rotatable bonds is 3. The van der Waals surface area contributed by atoms with E-state index in [0.29, 0.717) is 5.92 Å². The highest BCUT2D eigenvalue weighted by molar-refractivity contribution is 5.57. The van der Waals surface area contributed by atoms with E-state index in [1.165, 1.54) is 11.3 Å². The van der Waals surface area contributed by atoms with Crippen LogP contribution in [-0.2, 0) is 6.42 Å². The van der Waals surface area contributed by atoms with Crippen LogP contribution in [0, 0.1) is 0 Å². The quantitative estimate of drug-likeness (QED) is 0.799. The Bertz CT molecular complexity index is 748. The number of benzene rings is 2. The van der Waals surface area contributed by atoms with Crippen molar-refractivity contribution in [3.05, 3.63) is 72.3 Å². The maximum atomic E-state index is 4.31. The smallest absolute Gasteiger partial charge is 0.138 e. The van der Waals surface area contributed by atoms with E-state index in [4.69, 9.17) is 0 Å². The van der Waals surface area contributed by atoms with Crippen molar-refractivity contribution in [2.45, 2.75) is 12.3 Å². The maximum Gasteiger partial charge on any atom is 0.138 e. The predicted molar refractivity (Wildman–Crippen MR) is 82.7 cm³/mol. The highest BCUT2D eigenvalue weighted by Gasteiger charge is 2.23. The third-order valence-electron chi connectivity index (χ3n) is 4.02. The summed E-state index contributed by atoms with van der Waals surface area (Å²) in [5.41, 5.74) is 3.73. The van der Waals surface area contributed by atoms with Crippen molar-refractivity contribution in [1.29, 1.82) is 0 Å². The van der Waals surface area contributed by atoms with Gasteiger partial charge in [-0.1, -0.05) is 36.4 Å². The lowest BCUT2D eigenvalue weighted by molar-refractivity contribution is 0.698. The van der Waals surface area contributed by atoms with Crippen LogP contribution in [0.1, 0.15) is 17.3 Å². The minimum absolute atomic E-state index is 0.452. The van der Waals surface area contributed by atoms with E-state index in [2.05, 4.69) is 56.5 Å². The second kappa shape index (κ2) is 5.05. The Kier molecular flexibility index (Phi) is 2.92. The molecular formula is C17H16N4. The van der Waals surface area contributed by atoms with Crippen molar-refractivity contribution < 1.29 is 0 Å². The molecule has 1 aromatic heterocycles. The lowest BCUT2D eigenvalue weighted by atomic mass is 9.97. The average molecular weight is 276 g/mol. The van der Waals surface area contributed by atoms with E-state index in [0.717, 1.165) is 24.5 Å². The van der Waals surface area contributed by atoms with E-state index >= 15 is 0 Å². The first-order chi connectivity index (χ1) is 10.4. The fraction of sp³-hybridized carbons (Fsp3) is 0.176. The molecule has 0 aliphatic carbocycles. The minimum Gasteiger partial charge on any atom is -0.384 e. The van der Waals surface area contributed by atoms with Crippen LogP contribution < -0.4 is 5.32 Å². The van der Waals surface area contributed by atoms with Gasteiger partial charge in [-0.25, -0.2) is 0 Å². The predicted octanol–water partition coefficient (Wildman–Crippen LogP) is 3.02. The highest BCUT2D eigenvalue weighted by Crippen LogP contribution is 2.33. The molecule has 0 saturated carbocycles. The van der Waals surface area contributed by atoms with Gasteiger partial charge in [-0.15, -0.1) is 10.2 Å². The monoisotopic (exact) mass is 276 g/mol. The Morgan fingerprint density at radius 3 is 2.76 bits per heavy atom. The Hall–Kier alpha value is -2.62. The van der Waals surface area contributed by atoms with Crippen molar-refractivity contribution in [1.82, 2.24) is 14.8 Å². The average Bonchev–Trinajstić information content (AvgIpc) is 3.16. The topological polar surface area (TPSA) is 42.7 Å². The van der Waals surface area contributed by atoms with Crippen LogP contribution in [0.3, 0.4) is 0 Å². The molecule has 2 heterocycles. The number of nitrogens with one attached hydrogen (secondary N) is 1. The zero-order valence-electron chi connectivity index (χ0n) is 11.6. The number of nitrogens with zero attached hydrogens (tertiary/aromatic N) is 3. The maximum absolute atomic E-state index is 4.31. The Morgan fingerprint density at radius 2 is 1.86 bits per heavy atom. The number of para-hydroxylation sites is 2. The molecule has 4 heteroatoms. The fourth-order valence-corrected chi connectivity index (χ4v) is 2.96. The molecule has 0 amide bonds. The largest absolute Gasteiger partial charge is 0.384 e. The summed E-state index contributed by atoms with van der Waals surface area (Å²) in [7, 11) is 0. The number of hydrogen-bond acceptors (Lipinski definition) is 3. The van der Waals surface area contributed by atoms with E-state index in [1.54, 1.807) is 6.33 Å². The van der Waals surface area contributed by atoms with Crippen LogP contribution >= 0.6 is 0 Å². The van der Waals surface area contributed by atoms with Crippen molar-refractivity contribution in [3.63, 3.8) is 0 Å². The standard InChI is InChI=1S/C17H16N4/c1-2-6-14(7-3-1)21-12-19-20-17(21)10-13-11-18-16-9-5-4-8-15(13)16/h1-9,12-13,18H,10-11H2. The second-order valence-electron chi connectivity index (χ2n) is 5.32. The van der Waals surface area contributed by atoms with Crippen LogP contribution in [0.2, 0.25) is 0 Å². The molecule has 1 N–H and O–H groups in total. The van der Waals surface area contributed by atoms with Crippen LogP contribution in [0.5, 0.6) is 0 Å². The van der Waals surface area contributed by atoms with Gasteiger partial charge in [0.1, 0.15) is 12.2 Å². The van der Waals surface area contributed by atoms with E-state index in [9.17, 15) is 0 Å².